The summed E-state index contributed by atoms with van der Waals surface area (Å²) in [4.78, 5) is 1.76. The molecule has 0 aromatic heterocycles. The van der Waals surface area contributed by atoms with Crippen molar-refractivity contribution in [2.24, 2.45) is 0 Å². The molecule has 68 valence electrons. The minimum Gasteiger partial charge on any atom is -0.350 e. The Morgan fingerprint density at radius 2 is 2.25 bits per heavy atom. The summed E-state index contributed by atoms with van der Waals surface area (Å²) in [6.45, 7) is 0. The zero-order chi connectivity index (χ0) is 8.93. The summed E-state index contributed by atoms with van der Waals surface area (Å²) in [5, 5.41) is 8.08. The van der Waals surface area contributed by atoms with E-state index in [1.165, 1.54) is 11.8 Å². The molecule has 0 bridgehead atoms. The van der Waals surface area contributed by atoms with Gasteiger partial charge < -0.3 is 4.90 Å². The highest BCUT2D eigenvalue weighted by molar-refractivity contribution is 8.15. The Labute approximate surface area is 75.7 Å². The summed E-state index contributed by atoms with van der Waals surface area (Å²) in [7, 11) is -1.03. The summed E-state index contributed by atoms with van der Waals surface area (Å²) in [6.07, 6.45) is 0. The minimum atomic E-state index is -2.82. The molecule has 0 spiro atoms. The molecule has 12 heavy (non-hydrogen) atoms. The van der Waals surface area contributed by atoms with Crippen molar-refractivity contribution in [3.63, 3.8) is 0 Å². The Balaban J connectivity index is 2.27. The molecule has 0 unspecified atom stereocenters. The number of nitrogens with one attached hydrogen (secondary N) is 1. The predicted octanol–water partition coefficient (Wildman–Crippen LogP) is -0.235. The molecule has 0 aliphatic carbocycles. The van der Waals surface area contributed by atoms with E-state index in [0.29, 0.717) is 5.17 Å². The van der Waals surface area contributed by atoms with E-state index in [4.69, 9.17) is 5.41 Å². The van der Waals surface area contributed by atoms with Crippen molar-refractivity contribution in [2.75, 3.05) is 18.6 Å². The Morgan fingerprint density at radius 3 is 2.83 bits per heavy atom. The summed E-state index contributed by atoms with van der Waals surface area (Å²) in [5.74, 6) is 0.471. The summed E-state index contributed by atoms with van der Waals surface area (Å²) in [5.41, 5.74) is 0. The first-order valence-corrected chi connectivity index (χ1v) is 6.38. The number of amidine groups is 1. The fourth-order valence-electron chi connectivity index (χ4n) is 1.65. The zero-order valence-corrected chi connectivity index (χ0v) is 8.28. The van der Waals surface area contributed by atoms with Crippen LogP contribution in [0.1, 0.15) is 0 Å². The number of hydrogen-bond donors (Lipinski definition) is 1. The van der Waals surface area contributed by atoms with Crippen LogP contribution in [-0.2, 0) is 9.84 Å². The first kappa shape index (κ1) is 8.37. The summed E-state index contributed by atoms with van der Waals surface area (Å²) < 4.78 is 22.4. The van der Waals surface area contributed by atoms with Crippen LogP contribution >= 0.6 is 11.8 Å². The van der Waals surface area contributed by atoms with Crippen LogP contribution in [0.2, 0.25) is 0 Å². The van der Waals surface area contributed by atoms with Crippen molar-refractivity contribution in [1.82, 2.24) is 4.90 Å². The van der Waals surface area contributed by atoms with Crippen molar-refractivity contribution < 1.29 is 8.42 Å². The zero-order valence-electron chi connectivity index (χ0n) is 6.65. The average Bonchev–Trinajstić information content (AvgIpc) is 2.33. The molecule has 2 heterocycles. The number of sulfone groups is 1. The predicted molar refractivity (Wildman–Crippen MR) is 49.3 cm³/mol. The van der Waals surface area contributed by atoms with E-state index in [1.54, 1.807) is 11.9 Å². The highest BCUT2D eigenvalue weighted by atomic mass is 32.2. The van der Waals surface area contributed by atoms with Crippen molar-refractivity contribution >= 4 is 26.8 Å². The molecule has 2 aliphatic heterocycles. The smallest absolute Gasteiger partial charge is 0.156 e. The van der Waals surface area contributed by atoms with Crippen LogP contribution in [0.3, 0.4) is 0 Å². The summed E-state index contributed by atoms with van der Waals surface area (Å²) >= 11 is 1.38. The second-order valence-electron chi connectivity index (χ2n) is 3.22. The van der Waals surface area contributed by atoms with E-state index in [0.717, 1.165) is 0 Å². The maximum atomic E-state index is 11.2. The first-order chi connectivity index (χ1) is 5.49. The number of rotatable bonds is 0. The van der Waals surface area contributed by atoms with Crippen LogP contribution in [0.5, 0.6) is 0 Å². The molecular weight excluding hydrogens is 196 g/mol. The fraction of sp³-hybridized carbons (Fsp3) is 0.833. The van der Waals surface area contributed by atoms with Crippen molar-refractivity contribution in [2.45, 2.75) is 11.3 Å². The van der Waals surface area contributed by atoms with Gasteiger partial charge in [0.05, 0.1) is 17.5 Å². The van der Waals surface area contributed by atoms with Crippen molar-refractivity contribution in [1.29, 1.82) is 5.41 Å². The van der Waals surface area contributed by atoms with E-state index in [2.05, 4.69) is 0 Å². The van der Waals surface area contributed by atoms with Crippen LogP contribution in [0.4, 0.5) is 0 Å². The fourth-order valence-corrected chi connectivity index (χ4v) is 5.52. The van der Waals surface area contributed by atoms with E-state index in [1.807, 2.05) is 0 Å². The molecular formula is C6H10N2O2S2. The summed E-state index contributed by atoms with van der Waals surface area (Å²) in [6, 6.07) is 0.0486. The molecule has 0 aromatic rings. The lowest BCUT2D eigenvalue weighted by molar-refractivity contribution is 0.422. The van der Waals surface area contributed by atoms with Gasteiger partial charge in [0.1, 0.15) is 0 Å². The normalized spacial score (nSPS) is 38.8. The first-order valence-electron chi connectivity index (χ1n) is 3.68. The number of hydrogen-bond acceptors (Lipinski definition) is 4. The largest absolute Gasteiger partial charge is 0.350 e. The Bertz CT molecular complexity index is 324. The van der Waals surface area contributed by atoms with Gasteiger partial charge >= 0.3 is 0 Å². The minimum absolute atomic E-state index is 0.0486. The molecule has 0 amide bonds. The van der Waals surface area contributed by atoms with E-state index in [-0.39, 0.29) is 22.8 Å². The van der Waals surface area contributed by atoms with E-state index >= 15 is 0 Å². The Hall–Kier alpha value is -0.230. The van der Waals surface area contributed by atoms with Crippen molar-refractivity contribution in [3.05, 3.63) is 0 Å². The molecule has 2 atom stereocenters. The van der Waals surface area contributed by atoms with E-state index < -0.39 is 9.84 Å². The van der Waals surface area contributed by atoms with E-state index in [9.17, 15) is 8.42 Å². The topological polar surface area (TPSA) is 61.2 Å². The molecule has 0 radical (unpaired) electrons. The molecule has 0 saturated carbocycles. The van der Waals surface area contributed by atoms with Crippen LogP contribution < -0.4 is 0 Å². The third kappa shape index (κ3) is 1.13. The lowest BCUT2D eigenvalue weighted by Gasteiger charge is -2.16. The lowest BCUT2D eigenvalue weighted by atomic mass is 10.2. The molecule has 2 rings (SSSR count). The highest BCUT2D eigenvalue weighted by Gasteiger charge is 2.46. The SMILES string of the molecule is CN1C(=N)S[C@@H]2CS(=O)(=O)C[C@H]21. The van der Waals surface area contributed by atoms with Crippen LogP contribution in [0.25, 0.3) is 0 Å². The third-order valence-electron chi connectivity index (χ3n) is 2.35. The van der Waals surface area contributed by atoms with Gasteiger partial charge in [0.2, 0.25) is 0 Å². The number of thioether (sulfide) groups is 1. The second-order valence-corrected chi connectivity index (χ2v) is 6.60. The molecule has 2 saturated heterocycles. The maximum absolute atomic E-state index is 11.2. The van der Waals surface area contributed by atoms with Gasteiger partial charge in [0.15, 0.2) is 15.0 Å². The van der Waals surface area contributed by atoms with Gasteiger partial charge in [-0.2, -0.15) is 0 Å². The molecule has 1 N–H and O–H groups in total. The standard InChI is InChI=1S/C6H10N2O2S2/c1-8-4-2-12(9,10)3-5(4)11-6(8)7/h4-5,7H,2-3H2,1H3/t4-,5-/m1/s1. The molecule has 0 aromatic carbocycles. The van der Waals surface area contributed by atoms with Crippen molar-refractivity contribution in [3.8, 4) is 0 Å². The quantitative estimate of drug-likeness (QED) is 0.594. The van der Waals surface area contributed by atoms with Crippen LogP contribution in [0.15, 0.2) is 0 Å². The van der Waals surface area contributed by atoms with Gasteiger partial charge in [-0.3, -0.25) is 5.41 Å². The Kier molecular flexibility index (Phi) is 1.66. The molecule has 4 nitrogen and oxygen atoms in total. The monoisotopic (exact) mass is 206 g/mol. The Morgan fingerprint density at radius 1 is 1.58 bits per heavy atom. The van der Waals surface area contributed by atoms with Gasteiger partial charge in [-0.05, 0) is 0 Å². The lowest BCUT2D eigenvalue weighted by Crippen LogP contribution is -2.33. The number of nitrogens with zero attached hydrogens (tertiary/aromatic N) is 1. The van der Waals surface area contributed by atoms with Gasteiger partial charge in [-0.15, -0.1) is 0 Å². The molecule has 2 fully saturated rings. The van der Waals surface area contributed by atoms with Crippen LogP contribution in [-0.4, -0.2) is 48.3 Å². The average molecular weight is 206 g/mol. The third-order valence-corrected chi connectivity index (χ3v) is 5.58. The van der Waals surface area contributed by atoms with Crippen LogP contribution in [0, 0.1) is 5.41 Å². The maximum Gasteiger partial charge on any atom is 0.156 e. The van der Waals surface area contributed by atoms with Gasteiger partial charge in [0, 0.05) is 12.3 Å². The molecule has 6 heteroatoms. The van der Waals surface area contributed by atoms with Gasteiger partial charge in [-0.25, -0.2) is 8.42 Å². The highest BCUT2D eigenvalue weighted by Crippen LogP contribution is 2.35. The molecule has 2 aliphatic rings. The van der Waals surface area contributed by atoms with Gasteiger partial charge in [0.25, 0.3) is 0 Å². The van der Waals surface area contributed by atoms with Gasteiger partial charge in [-0.1, -0.05) is 11.8 Å². The second kappa shape index (κ2) is 2.38. The number of fused-ring (bicyclic) bond motifs is 1.